The Kier molecular flexibility index (Phi) is 6.55. The van der Waals surface area contributed by atoms with Gasteiger partial charge in [0.1, 0.15) is 4.90 Å². The summed E-state index contributed by atoms with van der Waals surface area (Å²) in [6.45, 7) is 1.87. The highest BCUT2D eigenvalue weighted by Gasteiger charge is 2.33. The van der Waals surface area contributed by atoms with E-state index in [1.165, 1.54) is 42.0 Å². The maximum absolute atomic E-state index is 12.9. The molecule has 0 N–H and O–H groups in total. The lowest BCUT2D eigenvalue weighted by Gasteiger charge is -2.14. The topological polar surface area (TPSA) is 72.9 Å². The highest BCUT2D eigenvalue weighted by molar-refractivity contribution is 8.27. The smallest absolute Gasteiger partial charge is 0.339 e. The number of thiocarbonyl (C=S) groups is 1. The van der Waals surface area contributed by atoms with Crippen LogP contribution >= 0.6 is 24.0 Å². The first kappa shape index (κ1) is 23.0. The van der Waals surface area contributed by atoms with Gasteiger partial charge in [0, 0.05) is 0 Å². The summed E-state index contributed by atoms with van der Waals surface area (Å²) in [4.78, 5) is 14.9. The molecule has 1 fully saturated rings. The van der Waals surface area contributed by atoms with Crippen molar-refractivity contribution in [2.75, 3.05) is 12.0 Å². The van der Waals surface area contributed by atoms with Gasteiger partial charge in [-0.25, -0.2) is 0 Å². The number of thioether (sulfide) groups is 1. The van der Waals surface area contributed by atoms with Crippen LogP contribution in [0.4, 0.5) is 5.69 Å². The molecule has 1 heterocycles. The van der Waals surface area contributed by atoms with E-state index in [2.05, 4.69) is 0 Å². The number of benzene rings is 3. The lowest BCUT2D eigenvalue weighted by atomic mass is 10.2. The molecule has 0 atom stereocenters. The van der Waals surface area contributed by atoms with E-state index >= 15 is 0 Å². The summed E-state index contributed by atoms with van der Waals surface area (Å²) in [5.74, 6) is 0.0440. The molecule has 1 amide bonds. The normalized spacial score (nSPS) is 15.2. The molecule has 0 radical (unpaired) electrons. The van der Waals surface area contributed by atoms with Crippen LogP contribution in [0.2, 0.25) is 0 Å². The van der Waals surface area contributed by atoms with Crippen LogP contribution in [0.15, 0.2) is 82.6 Å². The quantitative estimate of drug-likeness (QED) is 0.264. The van der Waals surface area contributed by atoms with Crippen molar-refractivity contribution in [2.24, 2.45) is 0 Å². The van der Waals surface area contributed by atoms with Crippen molar-refractivity contribution in [1.82, 2.24) is 0 Å². The van der Waals surface area contributed by atoms with Gasteiger partial charge in [-0.15, -0.1) is 0 Å². The molecule has 1 aliphatic rings. The van der Waals surface area contributed by atoms with Crippen molar-refractivity contribution < 1.29 is 22.1 Å². The Morgan fingerprint density at radius 1 is 0.970 bits per heavy atom. The van der Waals surface area contributed by atoms with E-state index in [0.717, 1.165) is 5.56 Å². The van der Waals surface area contributed by atoms with Gasteiger partial charge in [0.2, 0.25) is 0 Å². The molecule has 0 unspecified atom stereocenters. The van der Waals surface area contributed by atoms with Gasteiger partial charge in [-0.2, -0.15) is 8.42 Å². The highest BCUT2D eigenvalue weighted by atomic mass is 32.2. The van der Waals surface area contributed by atoms with E-state index in [0.29, 0.717) is 20.5 Å². The van der Waals surface area contributed by atoms with Crippen LogP contribution in [0.5, 0.6) is 11.5 Å². The third-order valence-electron chi connectivity index (χ3n) is 4.80. The van der Waals surface area contributed by atoms with Crippen molar-refractivity contribution in [2.45, 2.75) is 11.8 Å². The number of ether oxygens (including phenoxy) is 1. The Balaban J connectivity index is 1.59. The van der Waals surface area contributed by atoms with Crippen LogP contribution in [-0.4, -0.2) is 25.8 Å². The number of hydrogen-bond acceptors (Lipinski definition) is 7. The van der Waals surface area contributed by atoms with E-state index in [4.69, 9.17) is 21.1 Å². The lowest BCUT2D eigenvalue weighted by Crippen LogP contribution is -2.27. The number of para-hydroxylation sites is 1. The van der Waals surface area contributed by atoms with Gasteiger partial charge in [0.05, 0.1) is 17.7 Å². The zero-order valence-electron chi connectivity index (χ0n) is 17.7. The number of nitrogens with zero attached hydrogens (tertiary/aromatic N) is 1. The van der Waals surface area contributed by atoms with Crippen molar-refractivity contribution in [3.63, 3.8) is 0 Å². The SMILES string of the molecule is COc1cc(/C=C2\SC(=S)N(c3ccccc3)C2=O)ccc1OS(=O)(=O)c1ccc(C)cc1. The Morgan fingerprint density at radius 2 is 1.67 bits per heavy atom. The minimum atomic E-state index is -4.03. The van der Waals surface area contributed by atoms with Gasteiger partial charge in [-0.05, 0) is 55.0 Å². The first-order valence-electron chi connectivity index (χ1n) is 9.81. The maximum Gasteiger partial charge on any atom is 0.339 e. The first-order chi connectivity index (χ1) is 15.8. The molecule has 3 aromatic carbocycles. The Bertz CT molecular complexity index is 1350. The van der Waals surface area contributed by atoms with Crippen LogP contribution < -0.4 is 13.8 Å². The van der Waals surface area contributed by atoms with Gasteiger partial charge in [0.25, 0.3) is 5.91 Å². The van der Waals surface area contributed by atoms with Gasteiger partial charge >= 0.3 is 10.1 Å². The van der Waals surface area contributed by atoms with Gasteiger partial charge in [0.15, 0.2) is 15.8 Å². The molecule has 33 heavy (non-hydrogen) atoms. The molecule has 0 aliphatic carbocycles. The van der Waals surface area contributed by atoms with Crippen LogP contribution in [0.25, 0.3) is 6.08 Å². The predicted octanol–water partition coefficient (Wildman–Crippen LogP) is 5.18. The fourth-order valence-corrected chi connectivity index (χ4v) is 5.37. The van der Waals surface area contributed by atoms with Crippen LogP contribution in [-0.2, 0) is 14.9 Å². The van der Waals surface area contributed by atoms with Crippen molar-refractivity contribution in [3.05, 3.63) is 88.8 Å². The molecule has 0 spiro atoms. The molecule has 0 saturated carbocycles. The van der Waals surface area contributed by atoms with Crippen LogP contribution in [0.3, 0.4) is 0 Å². The Morgan fingerprint density at radius 3 is 2.33 bits per heavy atom. The van der Waals surface area contributed by atoms with Gasteiger partial charge < -0.3 is 8.92 Å². The zero-order valence-corrected chi connectivity index (χ0v) is 20.2. The molecule has 0 aromatic heterocycles. The number of methoxy groups -OCH3 is 1. The molecule has 9 heteroatoms. The number of carbonyl (C=O) groups excluding carboxylic acids is 1. The monoisotopic (exact) mass is 497 g/mol. The number of rotatable bonds is 6. The molecule has 168 valence electrons. The van der Waals surface area contributed by atoms with E-state index in [-0.39, 0.29) is 22.3 Å². The van der Waals surface area contributed by atoms with Gasteiger partial charge in [-0.1, -0.05) is 65.9 Å². The van der Waals surface area contributed by atoms with Crippen LogP contribution in [0, 0.1) is 6.92 Å². The summed E-state index contributed by atoms with van der Waals surface area (Å²) in [6.07, 6.45) is 1.68. The predicted molar refractivity (Wildman–Crippen MR) is 134 cm³/mol. The van der Waals surface area contributed by atoms with Gasteiger partial charge in [-0.3, -0.25) is 9.69 Å². The Labute approximate surface area is 202 Å². The lowest BCUT2D eigenvalue weighted by molar-refractivity contribution is -0.113. The Hall–Kier alpha value is -3.14. The highest BCUT2D eigenvalue weighted by Crippen LogP contribution is 2.37. The first-order valence-corrected chi connectivity index (χ1v) is 12.4. The molecule has 6 nitrogen and oxygen atoms in total. The summed E-state index contributed by atoms with van der Waals surface area (Å²) in [5, 5.41) is 0. The molecular weight excluding hydrogens is 478 g/mol. The minimum Gasteiger partial charge on any atom is -0.493 e. The number of hydrogen-bond donors (Lipinski definition) is 0. The van der Waals surface area contributed by atoms with E-state index < -0.39 is 10.1 Å². The summed E-state index contributed by atoms with van der Waals surface area (Å²) in [7, 11) is -2.61. The molecule has 1 aliphatic heterocycles. The molecular formula is C24H19NO5S3. The largest absolute Gasteiger partial charge is 0.493 e. The summed E-state index contributed by atoms with van der Waals surface area (Å²) < 4.78 is 36.4. The molecule has 4 rings (SSSR count). The van der Waals surface area contributed by atoms with E-state index in [9.17, 15) is 13.2 Å². The fourth-order valence-electron chi connectivity index (χ4n) is 3.13. The summed E-state index contributed by atoms with van der Waals surface area (Å²) in [6, 6.07) is 20.3. The molecule has 3 aromatic rings. The molecule has 1 saturated heterocycles. The second-order valence-electron chi connectivity index (χ2n) is 7.11. The number of anilines is 1. The second-order valence-corrected chi connectivity index (χ2v) is 10.3. The van der Waals surface area contributed by atoms with E-state index in [1.54, 1.807) is 30.3 Å². The van der Waals surface area contributed by atoms with Crippen molar-refractivity contribution in [3.8, 4) is 11.5 Å². The number of carbonyl (C=O) groups is 1. The zero-order chi connectivity index (χ0) is 23.6. The second kappa shape index (κ2) is 9.38. The van der Waals surface area contributed by atoms with Crippen LogP contribution in [0.1, 0.15) is 11.1 Å². The standard InChI is InChI=1S/C24H19NO5S3/c1-16-8-11-19(12-9-16)33(27,28)30-20-13-10-17(14-21(20)29-2)15-22-23(26)25(24(31)32-22)18-6-4-3-5-7-18/h3-15H,1-2H3/b22-15-. The van der Waals surface area contributed by atoms with Crippen molar-refractivity contribution in [1.29, 1.82) is 0 Å². The summed E-state index contributed by atoms with van der Waals surface area (Å²) in [5.41, 5.74) is 2.28. The third kappa shape index (κ3) is 4.95. The average molecular weight is 498 g/mol. The van der Waals surface area contributed by atoms with Crippen molar-refractivity contribution >= 4 is 56.1 Å². The molecule has 0 bridgehead atoms. The fraction of sp³-hybridized carbons (Fsp3) is 0.0833. The number of amides is 1. The number of aryl methyl sites for hydroxylation is 1. The van der Waals surface area contributed by atoms with E-state index in [1.807, 2.05) is 37.3 Å². The average Bonchev–Trinajstić information content (AvgIpc) is 3.08. The maximum atomic E-state index is 12.9. The third-order valence-corrected chi connectivity index (χ3v) is 7.35. The minimum absolute atomic E-state index is 0.0452. The summed E-state index contributed by atoms with van der Waals surface area (Å²) >= 11 is 6.59.